The Bertz CT molecular complexity index is 668. The number of amides is 1. The highest BCUT2D eigenvalue weighted by Crippen LogP contribution is 2.15. The summed E-state index contributed by atoms with van der Waals surface area (Å²) in [5, 5.41) is 2.82. The second-order valence-corrected chi connectivity index (χ2v) is 8.30. The molecule has 0 spiro atoms. The SMILES string of the molecule is CC[C@@H](C)NS(=O)(=O)c1ccc(NC(=O)CN2CCN(C)CC2)cc1. The Morgan fingerprint density at radius 3 is 2.32 bits per heavy atom. The molecule has 0 radical (unpaired) electrons. The molecule has 0 saturated carbocycles. The zero-order valence-electron chi connectivity index (χ0n) is 15.2. The van der Waals surface area contributed by atoms with Gasteiger partial charge in [-0.25, -0.2) is 13.1 Å². The van der Waals surface area contributed by atoms with Crippen LogP contribution < -0.4 is 10.0 Å². The van der Waals surface area contributed by atoms with Crippen molar-refractivity contribution in [2.45, 2.75) is 31.2 Å². The van der Waals surface area contributed by atoms with Gasteiger partial charge in [0.25, 0.3) is 0 Å². The molecule has 0 aliphatic carbocycles. The Kier molecular flexibility index (Phi) is 6.95. The molecule has 0 aromatic heterocycles. The van der Waals surface area contributed by atoms with Crippen LogP contribution in [0.2, 0.25) is 0 Å². The van der Waals surface area contributed by atoms with Crippen LogP contribution in [0.15, 0.2) is 29.2 Å². The fourth-order valence-electron chi connectivity index (χ4n) is 2.54. The Morgan fingerprint density at radius 1 is 1.16 bits per heavy atom. The fourth-order valence-corrected chi connectivity index (χ4v) is 3.87. The highest BCUT2D eigenvalue weighted by atomic mass is 32.2. The van der Waals surface area contributed by atoms with Gasteiger partial charge in [0, 0.05) is 37.9 Å². The average molecular weight is 369 g/mol. The third-order valence-electron chi connectivity index (χ3n) is 4.38. The van der Waals surface area contributed by atoms with E-state index in [4.69, 9.17) is 0 Å². The number of benzene rings is 1. The van der Waals surface area contributed by atoms with Gasteiger partial charge in [-0.3, -0.25) is 9.69 Å². The fraction of sp³-hybridized carbons (Fsp3) is 0.588. The maximum Gasteiger partial charge on any atom is 0.240 e. The zero-order valence-corrected chi connectivity index (χ0v) is 16.0. The summed E-state index contributed by atoms with van der Waals surface area (Å²) in [5.41, 5.74) is 0.599. The van der Waals surface area contributed by atoms with Crippen LogP contribution in [-0.4, -0.2) is 69.9 Å². The molecule has 1 amide bonds. The van der Waals surface area contributed by atoms with Gasteiger partial charge in [0.2, 0.25) is 15.9 Å². The summed E-state index contributed by atoms with van der Waals surface area (Å²) in [6, 6.07) is 6.14. The van der Waals surface area contributed by atoms with E-state index in [1.165, 1.54) is 12.1 Å². The molecule has 1 heterocycles. The van der Waals surface area contributed by atoms with E-state index in [2.05, 4.69) is 26.9 Å². The molecule has 1 fully saturated rings. The van der Waals surface area contributed by atoms with E-state index >= 15 is 0 Å². The van der Waals surface area contributed by atoms with Gasteiger partial charge >= 0.3 is 0 Å². The Balaban J connectivity index is 1.90. The molecule has 1 aliphatic rings. The van der Waals surface area contributed by atoms with Crippen molar-refractivity contribution in [2.75, 3.05) is 45.1 Å². The van der Waals surface area contributed by atoms with Gasteiger partial charge in [0.05, 0.1) is 11.4 Å². The van der Waals surface area contributed by atoms with Gasteiger partial charge in [0.1, 0.15) is 0 Å². The molecule has 1 aromatic rings. The summed E-state index contributed by atoms with van der Waals surface area (Å²) in [4.78, 5) is 16.7. The maximum atomic E-state index is 12.2. The van der Waals surface area contributed by atoms with Crippen LogP contribution >= 0.6 is 0 Å². The third-order valence-corrected chi connectivity index (χ3v) is 5.99. The van der Waals surface area contributed by atoms with E-state index in [0.717, 1.165) is 32.6 Å². The molecule has 0 unspecified atom stereocenters. The normalized spacial score (nSPS) is 18.0. The number of rotatable bonds is 7. The number of piperazine rings is 1. The summed E-state index contributed by atoms with van der Waals surface area (Å²) >= 11 is 0. The molecule has 1 atom stereocenters. The first-order valence-corrected chi connectivity index (χ1v) is 10.1. The molecule has 8 heteroatoms. The van der Waals surface area contributed by atoms with Crippen LogP contribution in [0.25, 0.3) is 0 Å². The molecule has 1 saturated heterocycles. The molecule has 1 aromatic carbocycles. The molecule has 1 aliphatic heterocycles. The second-order valence-electron chi connectivity index (χ2n) is 6.58. The number of anilines is 1. The van der Waals surface area contributed by atoms with Crippen molar-refractivity contribution >= 4 is 21.6 Å². The molecule has 140 valence electrons. The van der Waals surface area contributed by atoms with Gasteiger partial charge in [0.15, 0.2) is 0 Å². The smallest absolute Gasteiger partial charge is 0.240 e. The van der Waals surface area contributed by atoms with Gasteiger partial charge in [-0.1, -0.05) is 6.92 Å². The van der Waals surface area contributed by atoms with Gasteiger partial charge in [-0.05, 0) is 44.7 Å². The standard InChI is InChI=1S/C17H28N4O3S/c1-4-14(2)19-25(23,24)16-7-5-15(6-8-16)18-17(22)13-21-11-9-20(3)10-12-21/h5-8,14,19H,4,9-13H2,1-3H3,(H,18,22)/t14-/m1/s1. The van der Waals surface area contributed by atoms with E-state index in [9.17, 15) is 13.2 Å². The van der Waals surface area contributed by atoms with Crippen molar-refractivity contribution in [3.05, 3.63) is 24.3 Å². The van der Waals surface area contributed by atoms with Crippen LogP contribution in [0.1, 0.15) is 20.3 Å². The largest absolute Gasteiger partial charge is 0.325 e. The lowest BCUT2D eigenvalue weighted by Gasteiger charge is -2.31. The number of sulfonamides is 1. The summed E-state index contributed by atoms with van der Waals surface area (Å²) in [6.07, 6.45) is 0.722. The Labute approximate surface area is 150 Å². The molecular weight excluding hydrogens is 340 g/mol. The average Bonchev–Trinajstić information content (AvgIpc) is 2.57. The first-order valence-electron chi connectivity index (χ1n) is 8.63. The van der Waals surface area contributed by atoms with Crippen LogP contribution in [0.4, 0.5) is 5.69 Å². The number of hydrogen-bond acceptors (Lipinski definition) is 5. The third kappa shape index (κ3) is 6.07. The lowest BCUT2D eigenvalue weighted by atomic mass is 10.3. The summed E-state index contributed by atoms with van der Waals surface area (Å²) in [7, 11) is -1.45. The molecular formula is C17H28N4O3S. The van der Waals surface area contributed by atoms with Gasteiger partial charge < -0.3 is 10.2 Å². The van der Waals surface area contributed by atoms with E-state index in [0.29, 0.717) is 12.2 Å². The molecule has 2 N–H and O–H groups in total. The van der Waals surface area contributed by atoms with Gasteiger partial charge in [-0.15, -0.1) is 0 Å². The monoisotopic (exact) mass is 368 g/mol. The first-order chi connectivity index (χ1) is 11.8. The topological polar surface area (TPSA) is 81.8 Å². The van der Waals surface area contributed by atoms with E-state index in [1.54, 1.807) is 12.1 Å². The zero-order chi connectivity index (χ0) is 18.4. The van der Waals surface area contributed by atoms with Crippen LogP contribution in [0.3, 0.4) is 0 Å². The van der Waals surface area contributed by atoms with Crippen molar-refractivity contribution < 1.29 is 13.2 Å². The molecule has 2 rings (SSSR count). The number of likely N-dealkylation sites (N-methyl/N-ethyl adjacent to an activating group) is 1. The molecule has 0 bridgehead atoms. The number of nitrogens with one attached hydrogen (secondary N) is 2. The minimum atomic E-state index is -3.52. The lowest BCUT2D eigenvalue weighted by Crippen LogP contribution is -2.47. The minimum Gasteiger partial charge on any atom is -0.325 e. The van der Waals surface area contributed by atoms with Crippen molar-refractivity contribution in [3.8, 4) is 0 Å². The Morgan fingerprint density at radius 2 is 1.76 bits per heavy atom. The van der Waals surface area contributed by atoms with E-state index in [-0.39, 0.29) is 16.8 Å². The Hall–Kier alpha value is -1.48. The van der Waals surface area contributed by atoms with E-state index < -0.39 is 10.0 Å². The van der Waals surface area contributed by atoms with Crippen molar-refractivity contribution in [3.63, 3.8) is 0 Å². The second kappa shape index (κ2) is 8.75. The van der Waals surface area contributed by atoms with Crippen molar-refractivity contribution in [2.24, 2.45) is 0 Å². The van der Waals surface area contributed by atoms with Gasteiger partial charge in [-0.2, -0.15) is 0 Å². The summed E-state index contributed by atoms with van der Waals surface area (Å²) in [5.74, 6) is -0.0853. The quantitative estimate of drug-likeness (QED) is 0.749. The van der Waals surface area contributed by atoms with Crippen LogP contribution in [0.5, 0.6) is 0 Å². The summed E-state index contributed by atoms with van der Waals surface area (Å²) in [6.45, 7) is 7.77. The highest BCUT2D eigenvalue weighted by molar-refractivity contribution is 7.89. The number of carbonyl (C=O) groups is 1. The highest BCUT2D eigenvalue weighted by Gasteiger charge is 2.18. The van der Waals surface area contributed by atoms with Crippen molar-refractivity contribution in [1.82, 2.24) is 14.5 Å². The number of nitrogens with zero attached hydrogens (tertiary/aromatic N) is 2. The van der Waals surface area contributed by atoms with Crippen molar-refractivity contribution in [1.29, 1.82) is 0 Å². The lowest BCUT2D eigenvalue weighted by molar-refractivity contribution is -0.117. The predicted octanol–water partition coefficient (Wildman–Crippen LogP) is 0.949. The van der Waals surface area contributed by atoms with Crippen LogP contribution in [0, 0.1) is 0 Å². The summed E-state index contributed by atoms with van der Waals surface area (Å²) < 4.78 is 27.0. The minimum absolute atomic E-state index is 0.0853. The maximum absolute atomic E-state index is 12.2. The molecule has 25 heavy (non-hydrogen) atoms. The van der Waals surface area contributed by atoms with E-state index in [1.807, 2.05) is 13.8 Å². The molecule has 7 nitrogen and oxygen atoms in total. The predicted molar refractivity (Wildman–Crippen MR) is 99.1 cm³/mol. The number of hydrogen-bond donors (Lipinski definition) is 2. The van der Waals surface area contributed by atoms with Crippen LogP contribution in [-0.2, 0) is 14.8 Å². The number of carbonyl (C=O) groups excluding carboxylic acids is 1. The first kappa shape index (κ1) is 19.8.